The normalized spacial score (nSPS) is 19.8. The number of amides is 1. The van der Waals surface area contributed by atoms with Gasteiger partial charge in [-0.3, -0.25) is 4.79 Å². The second kappa shape index (κ2) is 53.2. The van der Waals surface area contributed by atoms with Crippen LogP contribution in [0.3, 0.4) is 0 Å². The van der Waals surface area contributed by atoms with E-state index in [4.69, 9.17) is 9.47 Å². The monoisotopic (exact) mass is 1070 g/mol. The Morgan fingerprint density at radius 1 is 0.453 bits per heavy atom. The average molecular weight is 1070 g/mol. The molecule has 1 amide bonds. The number of carbonyl (C=O) groups excluding carboxylic acids is 1. The van der Waals surface area contributed by atoms with Crippen LogP contribution in [0.15, 0.2) is 24.3 Å². The van der Waals surface area contributed by atoms with Crippen LogP contribution in [-0.2, 0) is 14.3 Å². The zero-order valence-electron chi connectivity index (χ0n) is 48.8. The van der Waals surface area contributed by atoms with E-state index >= 15 is 0 Å². The fraction of sp³-hybridized carbons (Fsp3) is 0.922. The molecule has 444 valence electrons. The van der Waals surface area contributed by atoms with Crippen molar-refractivity contribution in [1.29, 1.82) is 0 Å². The van der Waals surface area contributed by atoms with E-state index in [9.17, 15) is 40.5 Å². The van der Waals surface area contributed by atoms with E-state index in [-0.39, 0.29) is 12.8 Å². The summed E-state index contributed by atoms with van der Waals surface area (Å²) in [4.78, 5) is 13.2. The lowest BCUT2D eigenvalue weighted by Gasteiger charge is -2.40. The third-order valence-corrected chi connectivity index (χ3v) is 15.7. The first-order chi connectivity index (χ1) is 36.7. The third-order valence-electron chi connectivity index (χ3n) is 15.7. The molecule has 9 atom stereocenters. The number of hydrogen-bond donors (Lipinski definition) is 8. The van der Waals surface area contributed by atoms with E-state index in [1.807, 2.05) is 0 Å². The maximum atomic E-state index is 13.2. The highest BCUT2D eigenvalue weighted by Gasteiger charge is 2.44. The van der Waals surface area contributed by atoms with Crippen LogP contribution in [0.25, 0.3) is 0 Å². The number of hydrogen-bond acceptors (Lipinski definition) is 10. The van der Waals surface area contributed by atoms with Gasteiger partial charge in [-0.1, -0.05) is 269 Å². The van der Waals surface area contributed by atoms with Gasteiger partial charge in [-0.05, 0) is 64.2 Å². The molecule has 0 aromatic rings. The number of nitrogens with one attached hydrogen (secondary N) is 1. The lowest BCUT2D eigenvalue weighted by Crippen LogP contribution is -2.60. The van der Waals surface area contributed by atoms with Gasteiger partial charge in [-0.15, -0.1) is 0 Å². The summed E-state index contributed by atoms with van der Waals surface area (Å²) in [5.41, 5.74) is 0. The Balaban J connectivity index is 2.24. The zero-order valence-corrected chi connectivity index (χ0v) is 48.8. The lowest BCUT2D eigenvalue weighted by molar-refractivity contribution is -0.303. The molecule has 0 radical (unpaired) electrons. The number of allylic oxidation sites excluding steroid dienone is 4. The summed E-state index contributed by atoms with van der Waals surface area (Å²) in [5, 5.41) is 76.3. The fourth-order valence-electron chi connectivity index (χ4n) is 10.5. The van der Waals surface area contributed by atoms with E-state index in [1.165, 1.54) is 231 Å². The van der Waals surface area contributed by atoms with Crippen molar-refractivity contribution < 1.29 is 50.0 Å². The Morgan fingerprint density at radius 3 is 1.15 bits per heavy atom. The minimum atomic E-state index is -1.67. The number of aliphatic hydroxyl groups is 7. The number of carbonyl (C=O) groups is 1. The Hall–Kier alpha value is -1.41. The summed E-state index contributed by atoms with van der Waals surface area (Å²) in [5.74, 6) is -0.702. The molecular weight excluding hydrogens is 943 g/mol. The molecule has 11 heteroatoms. The molecular formula is C64H123NO10. The van der Waals surface area contributed by atoms with Crippen molar-refractivity contribution in [3.8, 4) is 0 Å². The summed E-state index contributed by atoms with van der Waals surface area (Å²) in [6.07, 6.45) is 53.9. The predicted molar refractivity (Wildman–Crippen MR) is 312 cm³/mol. The molecule has 1 rings (SSSR count). The van der Waals surface area contributed by atoms with Crippen molar-refractivity contribution in [1.82, 2.24) is 5.32 Å². The number of unbranched alkanes of at least 4 members (excludes halogenated alkanes) is 40. The summed E-state index contributed by atoms with van der Waals surface area (Å²) >= 11 is 0. The van der Waals surface area contributed by atoms with Crippen molar-refractivity contribution in [2.75, 3.05) is 13.2 Å². The highest BCUT2D eigenvalue weighted by atomic mass is 16.7. The molecule has 1 saturated heterocycles. The molecule has 75 heavy (non-hydrogen) atoms. The van der Waals surface area contributed by atoms with Crippen LogP contribution in [0.4, 0.5) is 0 Å². The quantitative estimate of drug-likeness (QED) is 0.0215. The van der Waals surface area contributed by atoms with Gasteiger partial charge >= 0.3 is 0 Å². The number of ether oxygens (including phenoxy) is 2. The molecule has 8 N–H and O–H groups in total. The minimum absolute atomic E-state index is 0.256. The summed E-state index contributed by atoms with van der Waals surface area (Å²) in [7, 11) is 0. The first kappa shape index (κ1) is 71.6. The van der Waals surface area contributed by atoms with Crippen LogP contribution in [0.1, 0.15) is 309 Å². The topological polar surface area (TPSA) is 189 Å². The van der Waals surface area contributed by atoms with Crippen molar-refractivity contribution in [3.05, 3.63) is 24.3 Å². The van der Waals surface area contributed by atoms with E-state index < -0.39 is 74.2 Å². The standard InChI is InChI=1S/C64H123NO10/c1-3-5-7-9-11-13-15-17-19-21-23-24-25-26-27-28-29-30-31-32-34-36-38-40-42-44-46-48-50-52-57(68)63(73)65-55(54-74-64-62(72)61(71)60(70)58(53-66)75-64)59(69)56(67)51-49-47-45-43-41-39-37-35-33-22-20-18-16-14-12-10-8-6-4-2/h26-27,43,45,55-62,64,66-72H,3-25,28-42,44,46-54H2,1-2H3,(H,65,73)/b27-26-,45-43+. The van der Waals surface area contributed by atoms with Crippen LogP contribution in [0, 0.1) is 0 Å². The highest BCUT2D eigenvalue weighted by Crippen LogP contribution is 2.24. The van der Waals surface area contributed by atoms with Gasteiger partial charge in [0, 0.05) is 0 Å². The van der Waals surface area contributed by atoms with Gasteiger partial charge < -0.3 is 50.5 Å². The molecule has 0 bridgehead atoms. The summed E-state index contributed by atoms with van der Waals surface area (Å²) in [6, 6.07) is -1.18. The van der Waals surface area contributed by atoms with Gasteiger partial charge in [0.1, 0.15) is 36.6 Å². The average Bonchev–Trinajstić information content (AvgIpc) is 3.41. The Labute approximate surface area is 461 Å². The minimum Gasteiger partial charge on any atom is -0.394 e. The van der Waals surface area contributed by atoms with Crippen LogP contribution >= 0.6 is 0 Å². The van der Waals surface area contributed by atoms with Crippen molar-refractivity contribution in [2.45, 2.75) is 364 Å². The van der Waals surface area contributed by atoms with E-state index in [0.29, 0.717) is 12.8 Å². The van der Waals surface area contributed by atoms with Crippen molar-refractivity contribution >= 4 is 5.91 Å². The molecule has 1 aliphatic heterocycles. The molecule has 0 aromatic heterocycles. The highest BCUT2D eigenvalue weighted by molar-refractivity contribution is 5.80. The molecule has 1 fully saturated rings. The van der Waals surface area contributed by atoms with Gasteiger partial charge in [0.25, 0.3) is 0 Å². The van der Waals surface area contributed by atoms with Gasteiger partial charge in [0.2, 0.25) is 5.91 Å². The second-order valence-corrected chi connectivity index (χ2v) is 22.8. The third kappa shape index (κ3) is 41.3. The number of rotatable bonds is 56. The smallest absolute Gasteiger partial charge is 0.249 e. The Morgan fingerprint density at radius 2 is 0.787 bits per heavy atom. The summed E-state index contributed by atoms with van der Waals surface area (Å²) in [6.45, 7) is 3.48. The number of aliphatic hydroxyl groups excluding tert-OH is 7. The molecule has 1 heterocycles. The van der Waals surface area contributed by atoms with Crippen LogP contribution < -0.4 is 5.32 Å². The van der Waals surface area contributed by atoms with Crippen LogP contribution in [0.2, 0.25) is 0 Å². The second-order valence-electron chi connectivity index (χ2n) is 22.8. The first-order valence-corrected chi connectivity index (χ1v) is 32.2. The van der Waals surface area contributed by atoms with E-state index in [1.54, 1.807) is 0 Å². The maximum absolute atomic E-state index is 13.2. The maximum Gasteiger partial charge on any atom is 0.249 e. The molecule has 11 nitrogen and oxygen atoms in total. The molecule has 9 unspecified atom stereocenters. The van der Waals surface area contributed by atoms with Gasteiger partial charge in [-0.25, -0.2) is 0 Å². The zero-order chi connectivity index (χ0) is 54.7. The summed E-state index contributed by atoms with van der Waals surface area (Å²) < 4.78 is 11.2. The predicted octanol–water partition coefficient (Wildman–Crippen LogP) is 14.5. The molecule has 1 aliphatic rings. The van der Waals surface area contributed by atoms with Gasteiger partial charge in [0.15, 0.2) is 6.29 Å². The van der Waals surface area contributed by atoms with Crippen molar-refractivity contribution in [2.24, 2.45) is 0 Å². The molecule has 0 aliphatic carbocycles. The van der Waals surface area contributed by atoms with E-state index in [0.717, 1.165) is 38.5 Å². The Bertz CT molecular complexity index is 1270. The fourth-order valence-corrected chi connectivity index (χ4v) is 10.5. The first-order valence-electron chi connectivity index (χ1n) is 32.2. The van der Waals surface area contributed by atoms with Gasteiger partial charge in [0.05, 0.1) is 25.4 Å². The molecule has 0 spiro atoms. The van der Waals surface area contributed by atoms with Crippen molar-refractivity contribution in [3.63, 3.8) is 0 Å². The van der Waals surface area contributed by atoms with Crippen LogP contribution in [-0.4, -0.2) is 110 Å². The SMILES string of the molecule is CCCCCCCCCCCCCC/C=C\CCCCCCCCCCCCCCCC(O)C(=O)NC(COC1OC(CO)C(O)C(O)C1O)C(O)C(O)CCC/C=C/CCCCCCCCCCCCCCCC. The lowest BCUT2D eigenvalue weighted by atomic mass is 9.98. The Kier molecular flexibility index (Phi) is 50.8. The van der Waals surface area contributed by atoms with E-state index in [2.05, 4.69) is 43.5 Å². The molecule has 0 saturated carbocycles. The largest absolute Gasteiger partial charge is 0.394 e. The van der Waals surface area contributed by atoms with Crippen LogP contribution in [0.5, 0.6) is 0 Å². The van der Waals surface area contributed by atoms with Gasteiger partial charge in [-0.2, -0.15) is 0 Å². The molecule has 0 aromatic carbocycles.